The van der Waals surface area contributed by atoms with Gasteiger partial charge in [-0.05, 0) is 88.2 Å². The largest absolute Gasteiger partial charge is 0.480 e. The van der Waals surface area contributed by atoms with Gasteiger partial charge in [0.05, 0.1) is 12.6 Å². The maximum absolute atomic E-state index is 13.5. The summed E-state index contributed by atoms with van der Waals surface area (Å²) in [7, 11) is 0. The average Bonchev–Trinajstić information content (AvgIpc) is 3.78. The van der Waals surface area contributed by atoms with Crippen LogP contribution in [0.15, 0.2) is 0 Å². The highest BCUT2D eigenvalue weighted by molar-refractivity contribution is 7.98. The number of nitrogens with zero attached hydrogens (tertiary/aromatic N) is 2. The number of hydrogen-bond acceptors (Lipinski definition) is 10. The third-order valence-corrected chi connectivity index (χ3v) is 9.96. The van der Waals surface area contributed by atoms with E-state index >= 15 is 0 Å². The van der Waals surface area contributed by atoms with E-state index in [1.165, 1.54) is 21.6 Å². The van der Waals surface area contributed by atoms with Crippen LogP contribution in [0.3, 0.4) is 0 Å². The molecule has 2 fully saturated rings. The number of likely N-dealkylation sites (tertiary alicyclic amines) is 2. The second kappa shape index (κ2) is 22.6. The molecule has 0 spiro atoms. The summed E-state index contributed by atoms with van der Waals surface area (Å²) in [5, 5.41) is 20.3. The zero-order chi connectivity index (χ0) is 39.0. The Bertz CT molecular complexity index is 1240. The van der Waals surface area contributed by atoms with Gasteiger partial charge in [0, 0.05) is 13.1 Å². The normalized spacial score (nSPS) is 19.6. The van der Waals surface area contributed by atoms with Crippen molar-refractivity contribution in [3.63, 3.8) is 0 Å². The summed E-state index contributed by atoms with van der Waals surface area (Å²) in [5.74, 6) is -3.54. The molecule has 0 aromatic rings. The Morgan fingerprint density at radius 3 is 1.88 bits per heavy atom. The molecule has 9 N–H and O–H groups in total. The number of carbonyl (C=O) groups excluding carboxylic acids is 6. The van der Waals surface area contributed by atoms with Crippen molar-refractivity contribution in [1.82, 2.24) is 31.1 Å². The number of rotatable bonds is 22. The molecule has 0 unspecified atom stereocenters. The monoisotopic (exact) mass is 754 g/mol. The molecule has 2 aliphatic rings. The maximum atomic E-state index is 13.5. The molecule has 6 atom stereocenters. The first-order valence-corrected chi connectivity index (χ1v) is 20.0. The van der Waals surface area contributed by atoms with E-state index in [1.54, 1.807) is 0 Å². The molecule has 0 radical (unpaired) electrons. The van der Waals surface area contributed by atoms with E-state index in [9.17, 15) is 38.7 Å². The molecule has 296 valence electrons. The Kier molecular flexibility index (Phi) is 19.4. The van der Waals surface area contributed by atoms with Gasteiger partial charge in [-0.25, -0.2) is 4.79 Å². The van der Waals surface area contributed by atoms with Crippen molar-refractivity contribution in [1.29, 1.82) is 0 Å². The van der Waals surface area contributed by atoms with Gasteiger partial charge in [-0.3, -0.25) is 28.8 Å². The van der Waals surface area contributed by atoms with Crippen molar-refractivity contribution in [2.75, 3.05) is 38.2 Å². The SMILES string of the molecule is CSCC[C@H](NC(=O)[C@@H]1CCCN1C(=O)[C@@H](N)CCCCN)C(=O)NCC(=O)N1CCC[C@H]1C(=O)N[C@@H](CC(C)C)C(=O)N[C@@H](CC(C)C)C(=O)O. The summed E-state index contributed by atoms with van der Waals surface area (Å²) in [6.07, 6.45) is 6.53. The Morgan fingerprint density at radius 1 is 0.769 bits per heavy atom. The molecule has 2 aliphatic heterocycles. The minimum atomic E-state index is -1.16. The summed E-state index contributed by atoms with van der Waals surface area (Å²) in [5.41, 5.74) is 11.7. The van der Waals surface area contributed by atoms with Crippen molar-refractivity contribution in [3.8, 4) is 0 Å². The van der Waals surface area contributed by atoms with Crippen LogP contribution in [-0.2, 0) is 33.6 Å². The van der Waals surface area contributed by atoms with E-state index in [2.05, 4.69) is 21.3 Å². The van der Waals surface area contributed by atoms with E-state index in [1.807, 2.05) is 34.0 Å². The lowest BCUT2D eigenvalue weighted by Gasteiger charge is -2.29. The van der Waals surface area contributed by atoms with Crippen molar-refractivity contribution in [3.05, 3.63) is 0 Å². The van der Waals surface area contributed by atoms with Gasteiger partial charge in [0.15, 0.2) is 0 Å². The standard InChI is InChI=1S/C35H62N8O8S/c1-21(2)18-25(31(46)41-26(35(50)51)19-22(3)4)40-32(47)27-11-8-15-42(27)29(44)20-38-30(45)24(13-17-52-5)39-33(48)28-12-9-16-43(28)34(49)23(37)10-6-7-14-36/h21-28H,6-20,36-37H2,1-5H3,(H,38,45)(H,39,48)(H,40,47)(H,41,46)(H,50,51)/t23-,24-,25-,26-,27-,28-/m0/s1. The topological polar surface area (TPSA) is 246 Å². The van der Waals surface area contributed by atoms with Crippen LogP contribution in [0.4, 0.5) is 0 Å². The van der Waals surface area contributed by atoms with E-state index in [4.69, 9.17) is 11.5 Å². The molecule has 2 saturated heterocycles. The summed E-state index contributed by atoms with van der Waals surface area (Å²) in [6, 6.07) is -5.44. The van der Waals surface area contributed by atoms with Crippen LogP contribution in [0.2, 0.25) is 0 Å². The quantitative estimate of drug-likeness (QED) is 0.0721. The fraction of sp³-hybridized carbons (Fsp3) is 0.800. The molecule has 0 saturated carbocycles. The van der Waals surface area contributed by atoms with Crippen LogP contribution < -0.4 is 32.7 Å². The molecule has 6 amide bonds. The molecule has 2 rings (SSSR count). The fourth-order valence-electron chi connectivity index (χ4n) is 6.58. The number of aliphatic carboxylic acids is 1. The number of hydrogen-bond donors (Lipinski definition) is 7. The number of carboxylic acid groups (broad SMARTS) is 1. The van der Waals surface area contributed by atoms with Crippen LogP contribution >= 0.6 is 11.8 Å². The summed E-state index contributed by atoms with van der Waals surface area (Å²) in [6.45, 7) is 8.22. The molecule has 17 heteroatoms. The van der Waals surface area contributed by atoms with E-state index < -0.39 is 78.3 Å². The summed E-state index contributed by atoms with van der Waals surface area (Å²) >= 11 is 1.49. The van der Waals surface area contributed by atoms with Gasteiger partial charge in [0.25, 0.3) is 0 Å². The number of unbranched alkanes of at least 4 members (excludes halogenated alkanes) is 1. The summed E-state index contributed by atoms with van der Waals surface area (Å²) in [4.78, 5) is 94.4. The minimum Gasteiger partial charge on any atom is -0.480 e. The second-order valence-corrected chi connectivity index (χ2v) is 15.6. The Hall–Kier alpha value is -3.44. The van der Waals surface area contributed by atoms with Crippen LogP contribution in [0, 0.1) is 11.8 Å². The van der Waals surface area contributed by atoms with E-state index in [0.717, 1.165) is 6.42 Å². The van der Waals surface area contributed by atoms with Crippen LogP contribution in [-0.4, -0.2) is 131 Å². The first kappa shape index (κ1) is 44.7. The second-order valence-electron chi connectivity index (χ2n) is 14.6. The van der Waals surface area contributed by atoms with Gasteiger partial charge >= 0.3 is 5.97 Å². The molecule has 0 aromatic heterocycles. The smallest absolute Gasteiger partial charge is 0.326 e. The molecule has 0 aromatic carbocycles. The average molecular weight is 755 g/mol. The highest BCUT2D eigenvalue weighted by Crippen LogP contribution is 2.21. The molecule has 52 heavy (non-hydrogen) atoms. The van der Waals surface area contributed by atoms with Gasteiger partial charge in [0.2, 0.25) is 35.4 Å². The number of amides is 6. The van der Waals surface area contributed by atoms with Gasteiger partial charge in [0.1, 0.15) is 30.2 Å². The molecule has 0 aliphatic carbocycles. The third kappa shape index (κ3) is 14.2. The predicted octanol–water partition coefficient (Wildman–Crippen LogP) is -0.0748. The first-order valence-electron chi connectivity index (χ1n) is 18.6. The van der Waals surface area contributed by atoms with Crippen molar-refractivity contribution < 1.29 is 38.7 Å². The Balaban J connectivity index is 2.04. The summed E-state index contributed by atoms with van der Waals surface area (Å²) < 4.78 is 0. The molecule has 2 heterocycles. The van der Waals surface area contributed by atoms with Gasteiger partial charge in [-0.15, -0.1) is 0 Å². The molecular weight excluding hydrogens is 693 g/mol. The number of carbonyl (C=O) groups is 7. The minimum absolute atomic E-state index is 0.00164. The van der Waals surface area contributed by atoms with Crippen molar-refractivity contribution >= 4 is 53.2 Å². The predicted molar refractivity (Wildman–Crippen MR) is 199 cm³/mol. The number of nitrogens with one attached hydrogen (secondary N) is 4. The Labute approximate surface area is 312 Å². The number of nitrogens with two attached hydrogens (primary N) is 2. The van der Waals surface area contributed by atoms with Gasteiger partial charge in [-0.1, -0.05) is 34.1 Å². The van der Waals surface area contributed by atoms with Crippen molar-refractivity contribution in [2.45, 2.75) is 128 Å². The van der Waals surface area contributed by atoms with Crippen LogP contribution in [0.25, 0.3) is 0 Å². The first-order chi connectivity index (χ1) is 24.6. The lowest BCUT2D eigenvalue weighted by molar-refractivity contribution is -0.143. The fourth-order valence-corrected chi connectivity index (χ4v) is 7.05. The zero-order valence-electron chi connectivity index (χ0n) is 31.5. The van der Waals surface area contributed by atoms with Crippen molar-refractivity contribution in [2.24, 2.45) is 23.3 Å². The highest BCUT2D eigenvalue weighted by Gasteiger charge is 2.39. The number of thioether (sulfide) groups is 1. The lowest BCUT2D eigenvalue weighted by Crippen LogP contribution is -2.57. The molecule has 0 bridgehead atoms. The number of carboxylic acids is 1. The van der Waals surface area contributed by atoms with Gasteiger partial charge in [-0.2, -0.15) is 11.8 Å². The molecular formula is C35H62N8O8S. The highest BCUT2D eigenvalue weighted by atomic mass is 32.2. The lowest BCUT2D eigenvalue weighted by atomic mass is 10.00. The van der Waals surface area contributed by atoms with Crippen LogP contribution in [0.5, 0.6) is 0 Å². The van der Waals surface area contributed by atoms with Crippen LogP contribution in [0.1, 0.15) is 91.9 Å². The Morgan fingerprint density at radius 2 is 1.33 bits per heavy atom. The van der Waals surface area contributed by atoms with E-state index in [0.29, 0.717) is 63.8 Å². The molecule has 16 nitrogen and oxygen atoms in total. The zero-order valence-corrected chi connectivity index (χ0v) is 32.3. The third-order valence-electron chi connectivity index (χ3n) is 9.32. The van der Waals surface area contributed by atoms with E-state index in [-0.39, 0.29) is 37.1 Å². The maximum Gasteiger partial charge on any atom is 0.326 e. The van der Waals surface area contributed by atoms with Gasteiger partial charge < -0.3 is 47.6 Å².